The average molecular weight is 1580 g/mol. The highest BCUT2D eigenvalue weighted by Crippen LogP contribution is 2.45. The fourth-order valence-electron chi connectivity index (χ4n) is 10.6. The van der Waals surface area contributed by atoms with E-state index in [1.165, 1.54) is 19.3 Å². The summed E-state index contributed by atoms with van der Waals surface area (Å²) >= 11 is 0. The molecule has 0 amide bonds. The molecule has 0 aromatic heterocycles. The Morgan fingerprint density at radius 2 is 0.473 bits per heavy atom. The Bertz CT molecular complexity index is 2800. The first-order valence-corrected chi connectivity index (χ1v) is 45.0. The molecule has 5 atom stereocenters. The number of phosphoric acid groups is 2. The van der Waals surface area contributed by atoms with Crippen LogP contribution in [0.4, 0.5) is 0 Å². The van der Waals surface area contributed by atoms with Crippen molar-refractivity contribution in [2.75, 3.05) is 39.6 Å². The number of carbonyl (C=O) groups excluding carboxylic acids is 4. The summed E-state index contributed by atoms with van der Waals surface area (Å²) in [7, 11) is -10.0. The predicted molar refractivity (Wildman–Crippen MR) is 454 cm³/mol. The second-order valence-electron chi connectivity index (χ2n) is 27.3. The van der Waals surface area contributed by atoms with E-state index in [9.17, 15) is 43.2 Å². The number of rotatable bonds is 77. The number of carbonyl (C=O) groups is 4. The number of unbranched alkanes of at least 4 members (excludes halogenated alkanes) is 21. The van der Waals surface area contributed by atoms with Crippen LogP contribution in [-0.2, 0) is 65.4 Å². The van der Waals surface area contributed by atoms with Crippen molar-refractivity contribution in [1.29, 1.82) is 0 Å². The van der Waals surface area contributed by atoms with Crippen LogP contribution in [0.15, 0.2) is 182 Å². The molecule has 0 fully saturated rings. The van der Waals surface area contributed by atoms with Gasteiger partial charge in [-0.2, -0.15) is 0 Å². The van der Waals surface area contributed by atoms with Crippen LogP contribution in [-0.4, -0.2) is 96.7 Å². The monoisotopic (exact) mass is 1580 g/mol. The summed E-state index contributed by atoms with van der Waals surface area (Å²) < 4.78 is 68.7. The quantitative estimate of drug-likeness (QED) is 0.0169. The first-order chi connectivity index (χ1) is 53.7. The van der Waals surface area contributed by atoms with Gasteiger partial charge in [0.05, 0.1) is 26.4 Å². The Morgan fingerprint density at radius 3 is 0.755 bits per heavy atom. The Hall–Kier alpha value is -5.84. The van der Waals surface area contributed by atoms with E-state index in [4.69, 9.17) is 37.0 Å². The molecule has 0 aromatic rings. The van der Waals surface area contributed by atoms with Gasteiger partial charge < -0.3 is 33.8 Å². The van der Waals surface area contributed by atoms with Crippen molar-refractivity contribution >= 4 is 39.5 Å². The Morgan fingerprint density at radius 1 is 0.264 bits per heavy atom. The second-order valence-corrected chi connectivity index (χ2v) is 30.2. The minimum absolute atomic E-state index is 0.0279. The van der Waals surface area contributed by atoms with Gasteiger partial charge >= 0.3 is 39.5 Å². The fourth-order valence-corrected chi connectivity index (χ4v) is 12.1. The van der Waals surface area contributed by atoms with Crippen LogP contribution in [0.1, 0.15) is 310 Å². The fraction of sp³-hybridized carbons (Fsp3) is 0.626. The highest BCUT2D eigenvalue weighted by molar-refractivity contribution is 7.47. The minimum atomic E-state index is -5.01. The van der Waals surface area contributed by atoms with Gasteiger partial charge in [0.15, 0.2) is 12.2 Å². The molecule has 0 rings (SSSR count). The summed E-state index contributed by atoms with van der Waals surface area (Å²) in [6.45, 7) is 4.40. The van der Waals surface area contributed by atoms with Crippen molar-refractivity contribution in [2.24, 2.45) is 0 Å². The van der Waals surface area contributed by atoms with Crippen LogP contribution < -0.4 is 0 Å². The molecule has 0 spiro atoms. The van der Waals surface area contributed by atoms with Gasteiger partial charge in [-0.05, 0) is 180 Å². The molecule has 17 nitrogen and oxygen atoms in total. The van der Waals surface area contributed by atoms with E-state index in [2.05, 4.69) is 210 Å². The predicted octanol–water partition coefficient (Wildman–Crippen LogP) is 25.1. The van der Waals surface area contributed by atoms with Crippen molar-refractivity contribution < 1.29 is 80.2 Å². The Balaban J connectivity index is 5.47. The summed E-state index contributed by atoms with van der Waals surface area (Å²) in [5.41, 5.74) is 0. The lowest BCUT2D eigenvalue weighted by molar-refractivity contribution is -0.161. The van der Waals surface area contributed by atoms with Crippen molar-refractivity contribution in [3.63, 3.8) is 0 Å². The third kappa shape index (κ3) is 80.2. The molecule has 0 saturated heterocycles. The zero-order chi connectivity index (χ0) is 80.3. The van der Waals surface area contributed by atoms with Gasteiger partial charge in [0.1, 0.15) is 19.3 Å². The van der Waals surface area contributed by atoms with E-state index >= 15 is 0 Å². The number of aliphatic hydroxyl groups excluding tert-OH is 1. The second kappa shape index (κ2) is 81.2. The molecule has 19 heteroatoms. The van der Waals surface area contributed by atoms with E-state index in [0.29, 0.717) is 32.1 Å². The van der Waals surface area contributed by atoms with Crippen molar-refractivity contribution in [2.45, 2.75) is 329 Å². The topological polar surface area (TPSA) is 237 Å². The lowest BCUT2D eigenvalue weighted by Crippen LogP contribution is -2.30. The van der Waals surface area contributed by atoms with Crippen LogP contribution in [0.3, 0.4) is 0 Å². The number of aliphatic hydroxyl groups is 1. The molecule has 0 saturated carbocycles. The van der Waals surface area contributed by atoms with Gasteiger partial charge in [-0.3, -0.25) is 37.3 Å². The summed E-state index contributed by atoms with van der Waals surface area (Å²) in [4.78, 5) is 73.2. The standard InChI is InChI=1S/C91H148O17P2/c1-5-9-13-17-21-25-29-33-37-40-42-45-48-51-55-59-63-67-71-75-88(93)101-81-86(107-90(95)77-73-69-65-61-57-53-47-36-32-28-24-20-16-12-8-4)83-105-109(97,98)103-79-85(92)80-104-110(99,100)106-84-87(108-91(96)78-74-70-66-62-58-54-50-44-39-35-31-27-23-19-15-11-7-3)82-102-89(94)76-72-68-64-60-56-52-49-46-43-41-38-34-30-26-22-18-14-10-6-2/h9,11-13,15-16,21-28,33-39,42-43,45-47,51,55,57,61,85-87,92H,5-8,10,14,17-20,29-32,40-41,44,48-50,52-54,56,58-60,62-84H2,1-4H3,(H,97,98)(H,99,100)/b13-9-,15-11-,16-12-,25-21-,26-22-,27-23-,28-24-,37-33-,38-34-,39-35-,45-42-,46-43-,47-36-,55-51-,61-57-. The molecule has 0 heterocycles. The smallest absolute Gasteiger partial charge is 0.462 e. The molecule has 5 unspecified atom stereocenters. The maximum atomic E-state index is 13.1. The van der Waals surface area contributed by atoms with Crippen LogP contribution in [0.5, 0.6) is 0 Å². The number of ether oxygens (including phenoxy) is 4. The normalized spacial score (nSPS) is 14.7. The number of allylic oxidation sites excluding steroid dienone is 30. The number of hydrogen-bond donors (Lipinski definition) is 3. The van der Waals surface area contributed by atoms with Gasteiger partial charge in [-0.15, -0.1) is 0 Å². The SMILES string of the molecule is CC/C=C\C/C=C\C/C=C\C/C=C\C/C=C\CCCCCC(=O)OCC(COP(=O)(O)OCC(O)COP(=O)(O)OCC(COC(=O)CCCCCCCC/C=C\C/C=C\C/C=C\CCCCC)OC(=O)CCCCCCCCC/C=C\C/C=C\C/C=C\CC)OC(=O)CCCC/C=C\C/C=C\C/C=C\C/C=C\CC. The highest BCUT2D eigenvalue weighted by Gasteiger charge is 2.30. The van der Waals surface area contributed by atoms with Crippen molar-refractivity contribution in [1.82, 2.24) is 0 Å². The van der Waals surface area contributed by atoms with Gasteiger partial charge in [-0.1, -0.05) is 287 Å². The summed E-state index contributed by atoms with van der Waals surface area (Å²) in [6, 6.07) is 0. The first kappa shape index (κ1) is 104. The minimum Gasteiger partial charge on any atom is -0.462 e. The molecule has 0 bridgehead atoms. The van der Waals surface area contributed by atoms with E-state index in [1.54, 1.807) is 0 Å². The average Bonchev–Trinajstić information content (AvgIpc) is 0.899. The summed E-state index contributed by atoms with van der Waals surface area (Å²) in [5.74, 6) is -2.29. The summed E-state index contributed by atoms with van der Waals surface area (Å²) in [5, 5.41) is 10.7. The molecule has 0 aromatic carbocycles. The third-order valence-corrected chi connectivity index (χ3v) is 18.7. The van der Waals surface area contributed by atoms with Crippen LogP contribution in [0.25, 0.3) is 0 Å². The molecule has 0 aliphatic heterocycles. The van der Waals surface area contributed by atoms with Gasteiger partial charge in [0.2, 0.25) is 0 Å². The maximum Gasteiger partial charge on any atom is 0.472 e. The van der Waals surface area contributed by atoms with Crippen LogP contribution >= 0.6 is 15.6 Å². The first-order valence-electron chi connectivity index (χ1n) is 42.0. The molecule has 0 aliphatic carbocycles. The molecule has 3 N–H and O–H groups in total. The molecular formula is C91H148O17P2. The summed E-state index contributed by atoms with van der Waals surface area (Å²) in [6.07, 6.45) is 98.6. The third-order valence-electron chi connectivity index (χ3n) is 16.8. The number of esters is 4. The van der Waals surface area contributed by atoms with Gasteiger partial charge in [-0.25, -0.2) is 9.13 Å². The highest BCUT2D eigenvalue weighted by atomic mass is 31.2. The number of hydrogen-bond acceptors (Lipinski definition) is 15. The molecule has 110 heavy (non-hydrogen) atoms. The molecular weight excluding hydrogens is 1430 g/mol. The molecule has 624 valence electrons. The largest absolute Gasteiger partial charge is 0.472 e. The molecule has 0 aliphatic rings. The zero-order valence-corrected chi connectivity index (χ0v) is 70.1. The Kier molecular flexibility index (Phi) is 76.9. The van der Waals surface area contributed by atoms with E-state index in [0.717, 1.165) is 205 Å². The van der Waals surface area contributed by atoms with Crippen LogP contribution in [0, 0.1) is 0 Å². The zero-order valence-electron chi connectivity index (χ0n) is 68.4. The van der Waals surface area contributed by atoms with E-state index < -0.39 is 97.5 Å². The van der Waals surface area contributed by atoms with E-state index in [1.807, 2.05) is 0 Å². The van der Waals surface area contributed by atoms with E-state index in [-0.39, 0.29) is 25.7 Å². The number of phosphoric ester groups is 2. The van der Waals surface area contributed by atoms with Gasteiger partial charge in [0.25, 0.3) is 0 Å². The van der Waals surface area contributed by atoms with Crippen molar-refractivity contribution in [3.8, 4) is 0 Å². The van der Waals surface area contributed by atoms with Crippen LogP contribution in [0.2, 0.25) is 0 Å². The van der Waals surface area contributed by atoms with Crippen molar-refractivity contribution in [3.05, 3.63) is 182 Å². The lowest BCUT2D eigenvalue weighted by atomic mass is 10.1. The Labute approximate surface area is 666 Å². The lowest BCUT2D eigenvalue weighted by Gasteiger charge is -2.21. The molecule has 0 radical (unpaired) electrons. The van der Waals surface area contributed by atoms with Gasteiger partial charge in [0, 0.05) is 25.7 Å². The maximum absolute atomic E-state index is 13.1.